The van der Waals surface area contributed by atoms with Crippen molar-refractivity contribution in [3.05, 3.63) is 48.6 Å². The van der Waals surface area contributed by atoms with E-state index in [2.05, 4.69) is 67.8 Å². The van der Waals surface area contributed by atoms with Crippen molar-refractivity contribution < 1.29 is 64.6 Å². The van der Waals surface area contributed by atoms with Gasteiger partial charge in [0, 0.05) is 6.42 Å². The number of ether oxygens (including phenoxy) is 4. The standard InChI is InChI=1S/C70H129NO13/c1-3-5-7-9-11-13-15-17-19-21-22-23-24-25-26-27-28-29-30-31-32-33-34-35-36-38-39-41-43-45-47-49-51-53-59(74)58(71-62(75)54-52-50-48-46-44-42-40-37-20-18-16-14-12-10-8-6-4-2)57-81-69-67(80)65(78)68(61(56-73)83-69)84-70-66(79)64(77)63(76)60(55-72)82-70/h6,8,12,14,18,20,40,42,58-61,63-70,72-74,76-80H,3-5,7,9-11,13,15-17,19,21-39,41,43-57H2,1-2H3,(H,71,75)/b8-6-,14-12-,20-18-,42-40-. The number of aliphatic hydroxyl groups excluding tert-OH is 8. The fraction of sp³-hybridized carbons (Fsp3) is 0.871. The molecule has 0 aromatic heterocycles. The largest absolute Gasteiger partial charge is 0.394 e. The van der Waals surface area contributed by atoms with Gasteiger partial charge in [-0.25, -0.2) is 0 Å². The lowest BCUT2D eigenvalue weighted by Crippen LogP contribution is -2.65. The molecular formula is C70H129NO13. The van der Waals surface area contributed by atoms with Crippen LogP contribution in [-0.2, 0) is 23.7 Å². The van der Waals surface area contributed by atoms with Crippen LogP contribution in [0, 0.1) is 0 Å². The smallest absolute Gasteiger partial charge is 0.220 e. The summed E-state index contributed by atoms with van der Waals surface area (Å²) in [7, 11) is 0. The van der Waals surface area contributed by atoms with Crippen molar-refractivity contribution in [3.63, 3.8) is 0 Å². The fourth-order valence-corrected chi connectivity index (χ4v) is 11.5. The van der Waals surface area contributed by atoms with E-state index in [-0.39, 0.29) is 18.9 Å². The molecule has 14 heteroatoms. The second-order valence-corrected chi connectivity index (χ2v) is 24.6. The Morgan fingerprint density at radius 3 is 1.26 bits per heavy atom. The normalized spacial score (nSPS) is 23.9. The van der Waals surface area contributed by atoms with E-state index in [0.29, 0.717) is 12.8 Å². The maximum atomic E-state index is 13.3. The van der Waals surface area contributed by atoms with E-state index in [9.17, 15) is 45.6 Å². The van der Waals surface area contributed by atoms with Crippen LogP contribution < -0.4 is 5.32 Å². The molecule has 14 nitrogen and oxygen atoms in total. The predicted molar refractivity (Wildman–Crippen MR) is 341 cm³/mol. The van der Waals surface area contributed by atoms with Crippen molar-refractivity contribution >= 4 is 5.91 Å². The third-order valence-electron chi connectivity index (χ3n) is 17.1. The van der Waals surface area contributed by atoms with E-state index in [0.717, 1.165) is 77.0 Å². The van der Waals surface area contributed by atoms with Gasteiger partial charge in [-0.2, -0.15) is 0 Å². The highest BCUT2D eigenvalue weighted by Crippen LogP contribution is 2.30. The maximum Gasteiger partial charge on any atom is 0.220 e. The quantitative estimate of drug-likeness (QED) is 0.0204. The maximum absolute atomic E-state index is 13.3. The lowest BCUT2D eigenvalue weighted by atomic mass is 9.97. The first-order chi connectivity index (χ1) is 41.1. The number of hydrogen-bond acceptors (Lipinski definition) is 13. The van der Waals surface area contributed by atoms with E-state index in [1.807, 2.05) is 0 Å². The summed E-state index contributed by atoms with van der Waals surface area (Å²) in [5.74, 6) is -0.228. The van der Waals surface area contributed by atoms with Gasteiger partial charge in [0.15, 0.2) is 12.6 Å². The van der Waals surface area contributed by atoms with Crippen LogP contribution in [-0.4, -0.2) is 140 Å². The summed E-state index contributed by atoms with van der Waals surface area (Å²) in [6.45, 7) is 2.76. The Bertz CT molecular complexity index is 1590. The number of allylic oxidation sites excluding steroid dienone is 8. The van der Waals surface area contributed by atoms with Crippen molar-refractivity contribution in [2.45, 2.75) is 370 Å². The number of nitrogens with one attached hydrogen (secondary N) is 1. The molecule has 2 aliphatic rings. The van der Waals surface area contributed by atoms with Crippen molar-refractivity contribution in [1.29, 1.82) is 0 Å². The molecular weight excluding hydrogens is 1060 g/mol. The first-order valence-electron chi connectivity index (χ1n) is 34.9. The van der Waals surface area contributed by atoms with Gasteiger partial charge in [0.1, 0.15) is 48.8 Å². The summed E-state index contributed by atoms with van der Waals surface area (Å²) in [5.41, 5.74) is 0. The van der Waals surface area contributed by atoms with Crippen LogP contribution in [0.1, 0.15) is 296 Å². The zero-order valence-electron chi connectivity index (χ0n) is 53.4. The van der Waals surface area contributed by atoms with E-state index in [1.165, 1.54) is 186 Å². The van der Waals surface area contributed by atoms with Crippen LogP contribution in [0.3, 0.4) is 0 Å². The first kappa shape index (κ1) is 78.0. The number of aliphatic hydroxyl groups is 8. The molecule has 492 valence electrons. The van der Waals surface area contributed by atoms with Gasteiger partial charge in [-0.15, -0.1) is 0 Å². The molecule has 12 atom stereocenters. The van der Waals surface area contributed by atoms with Crippen molar-refractivity contribution in [2.24, 2.45) is 0 Å². The van der Waals surface area contributed by atoms with Crippen LogP contribution in [0.2, 0.25) is 0 Å². The SMILES string of the molecule is CC/C=C\C/C=C\C/C=C\C/C=C\CCCCCCC(=O)NC(COC1OC(CO)C(OC2OC(CO)C(O)C(O)C2O)C(O)C1O)C(O)CCCCCCCCCCCCCCCCCCCCCCCCCCCCCCCCCCC. The number of amides is 1. The lowest BCUT2D eigenvalue weighted by Gasteiger charge is -2.46. The summed E-state index contributed by atoms with van der Waals surface area (Å²) < 4.78 is 22.9. The second kappa shape index (κ2) is 55.1. The Hall–Kier alpha value is -2.05. The number of rotatable bonds is 57. The van der Waals surface area contributed by atoms with Gasteiger partial charge in [-0.05, 0) is 51.4 Å². The number of carbonyl (C=O) groups is 1. The highest BCUT2D eigenvalue weighted by molar-refractivity contribution is 5.76. The van der Waals surface area contributed by atoms with E-state index < -0.39 is 86.8 Å². The van der Waals surface area contributed by atoms with Gasteiger partial charge in [0.05, 0.1) is 32.0 Å². The van der Waals surface area contributed by atoms with Crippen LogP contribution in [0.5, 0.6) is 0 Å². The molecule has 12 unspecified atom stereocenters. The lowest BCUT2D eigenvalue weighted by molar-refractivity contribution is -0.359. The van der Waals surface area contributed by atoms with Gasteiger partial charge in [0.25, 0.3) is 0 Å². The van der Waals surface area contributed by atoms with Crippen LogP contribution in [0.25, 0.3) is 0 Å². The molecule has 1 amide bonds. The molecule has 0 aliphatic carbocycles. The van der Waals surface area contributed by atoms with Gasteiger partial charge in [-0.1, -0.05) is 287 Å². The third-order valence-corrected chi connectivity index (χ3v) is 17.1. The molecule has 9 N–H and O–H groups in total. The Balaban J connectivity index is 1.63. The minimum absolute atomic E-state index is 0.228. The monoisotopic (exact) mass is 1190 g/mol. The molecule has 84 heavy (non-hydrogen) atoms. The summed E-state index contributed by atoms with van der Waals surface area (Å²) in [5, 5.41) is 87.5. The van der Waals surface area contributed by atoms with E-state index in [4.69, 9.17) is 18.9 Å². The van der Waals surface area contributed by atoms with Gasteiger partial charge in [0.2, 0.25) is 5.91 Å². The molecule has 2 fully saturated rings. The molecule has 2 aliphatic heterocycles. The Morgan fingerprint density at radius 2 is 0.821 bits per heavy atom. The number of unbranched alkanes of at least 4 members (excludes halogenated alkanes) is 36. The van der Waals surface area contributed by atoms with Crippen LogP contribution in [0.4, 0.5) is 0 Å². The minimum atomic E-state index is -1.79. The summed E-state index contributed by atoms with van der Waals surface area (Å²) in [6.07, 6.45) is 54.3. The van der Waals surface area contributed by atoms with Crippen LogP contribution in [0.15, 0.2) is 48.6 Å². The van der Waals surface area contributed by atoms with Gasteiger partial charge in [-0.3, -0.25) is 4.79 Å². The third kappa shape index (κ3) is 39.1. The molecule has 2 rings (SSSR count). The summed E-state index contributed by atoms with van der Waals surface area (Å²) in [4.78, 5) is 13.3. The van der Waals surface area contributed by atoms with E-state index in [1.54, 1.807) is 0 Å². The Morgan fingerprint density at radius 1 is 0.440 bits per heavy atom. The summed E-state index contributed by atoms with van der Waals surface area (Å²) >= 11 is 0. The predicted octanol–water partition coefficient (Wildman–Crippen LogP) is 13.9. The number of hydrogen-bond donors (Lipinski definition) is 9. The molecule has 0 radical (unpaired) electrons. The number of carbonyl (C=O) groups excluding carboxylic acids is 1. The van der Waals surface area contributed by atoms with E-state index >= 15 is 0 Å². The first-order valence-corrected chi connectivity index (χ1v) is 34.9. The highest BCUT2D eigenvalue weighted by Gasteiger charge is 2.51. The fourth-order valence-electron chi connectivity index (χ4n) is 11.5. The zero-order chi connectivity index (χ0) is 60.9. The molecule has 0 aromatic rings. The van der Waals surface area contributed by atoms with Crippen molar-refractivity contribution in [2.75, 3.05) is 19.8 Å². The van der Waals surface area contributed by atoms with Gasteiger partial charge >= 0.3 is 0 Å². The second-order valence-electron chi connectivity index (χ2n) is 24.6. The molecule has 0 spiro atoms. The van der Waals surface area contributed by atoms with Crippen molar-refractivity contribution in [3.8, 4) is 0 Å². The molecule has 0 aromatic carbocycles. The molecule has 0 bridgehead atoms. The Labute approximate surface area is 512 Å². The molecule has 0 saturated carbocycles. The average Bonchev–Trinajstić information content (AvgIpc) is 3.18. The zero-order valence-corrected chi connectivity index (χ0v) is 53.4. The average molecular weight is 1190 g/mol. The highest BCUT2D eigenvalue weighted by atomic mass is 16.7. The molecule has 2 saturated heterocycles. The summed E-state index contributed by atoms with van der Waals surface area (Å²) in [6, 6.07) is -0.845. The van der Waals surface area contributed by atoms with Crippen LogP contribution >= 0.6 is 0 Å². The van der Waals surface area contributed by atoms with Gasteiger partial charge < -0.3 is 65.1 Å². The Kier molecular flexibility index (Phi) is 51.1. The molecule has 2 heterocycles. The van der Waals surface area contributed by atoms with Crippen molar-refractivity contribution in [1.82, 2.24) is 5.32 Å². The topological polar surface area (TPSA) is 228 Å². The minimum Gasteiger partial charge on any atom is -0.394 e.